The minimum absolute atomic E-state index is 0.217. The normalized spacial score (nSPS) is 20.5. The van der Waals surface area contributed by atoms with Gasteiger partial charge in [-0.25, -0.2) is 0 Å². The van der Waals surface area contributed by atoms with E-state index in [2.05, 4.69) is 15.3 Å². The van der Waals surface area contributed by atoms with Gasteiger partial charge in [0.05, 0.1) is 5.69 Å². The predicted molar refractivity (Wildman–Crippen MR) is 104 cm³/mol. The van der Waals surface area contributed by atoms with Gasteiger partial charge in [0.2, 0.25) is 11.8 Å². The third-order valence-electron chi connectivity index (χ3n) is 6.24. The van der Waals surface area contributed by atoms with Crippen molar-refractivity contribution in [3.63, 3.8) is 0 Å². The van der Waals surface area contributed by atoms with Gasteiger partial charge in [-0.05, 0) is 51.9 Å². The smallest absolute Gasteiger partial charge is 0.229 e. The molecule has 0 radical (unpaired) electrons. The lowest BCUT2D eigenvalue weighted by molar-refractivity contribution is -0.130. The second kappa shape index (κ2) is 9.07. The summed E-state index contributed by atoms with van der Waals surface area (Å²) < 4.78 is 16.0. The lowest BCUT2D eigenvalue weighted by Crippen LogP contribution is -2.29. The minimum atomic E-state index is 0.217. The van der Waals surface area contributed by atoms with E-state index in [9.17, 15) is 4.79 Å². The molecule has 2 aliphatic heterocycles. The van der Waals surface area contributed by atoms with Gasteiger partial charge in [-0.15, -0.1) is 0 Å². The molecule has 4 rings (SSSR count). The van der Waals surface area contributed by atoms with Crippen molar-refractivity contribution in [3.8, 4) is 0 Å². The number of likely N-dealkylation sites (tertiary alicyclic amines) is 1. The lowest BCUT2D eigenvalue weighted by Gasteiger charge is -2.18. The fraction of sp³-hybridized carbons (Fsp3) is 0.714. The quantitative estimate of drug-likeness (QED) is 0.702. The maximum absolute atomic E-state index is 12.6. The molecule has 2 aromatic heterocycles. The Hall–Kier alpha value is -2.22. The lowest BCUT2D eigenvalue weighted by atomic mass is 10.0. The zero-order valence-corrected chi connectivity index (χ0v) is 17.4. The van der Waals surface area contributed by atoms with Crippen LogP contribution in [0.25, 0.3) is 0 Å². The summed E-state index contributed by atoms with van der Waals surface area (Å²) in [5.74, 6) is 3.41. The molecular formula is C21H30N4O4. The van der Waals surface area contributed by atoms with E-state index in [1.54, 1.807) is 0 Å². The fourth-order valence-electron chi connectivity index (χ4n) is 4.36. The Bertz CT molecular complexity index is 805. The minimum Gasteiger partial charge on any atom is -0.381 e. The summed E-state index contributed by atoms with van der Waals surface area (Å²) in [6.07, 6.45) is 5.94. The molecule has 29 heavy (non-hydrogen) atoms. The Morgan fingerprint density at radius 2 is 1.93 bits per heavy atom. The molecule has 1 unspecified atom stereocenters. The third kappa shape index (κ3) is 4.86. The molecule has 0 aliphatic carbocycles. The van der Waals surface area contributed by atoms with Gasteiger partial charge >= 0.3 is 0 Å². The topological polar surface area (TPSA) is 94.5 Å². The third-order valence-corrected chi connectivity index (χ3v) is 6.24. The van der Waals surface area contributed by atoms with Crippen molar-refractivity contribution in [2.24, 2.45) is 5.92 Å². The van der Waals surface area contributed by atoms with Crippen LogP contribution < -0.4 is 0 Å². The maximum Gasteiger partial charge on any atom is 0.229 e. The van der Waals surface area contributed by atoms with Gasteiger partial charge in [-0.3, -0.25) is 4.79 Å². The zero-order valence-electron chi connectivity index (χ0n) is 17.4. The predicted octanol–water partition coefficient (Wildman–Crippen LogP) is 2.98. The van der Waals surface area contributed by atoms with Crippen molar-refractivity contribution in [2.45, 2.75) is 64.7 Å². The number of amides is 1. The van der Waals surface area contributed by atoms with Crippen LogP contribution >= 0.6 is 0 Å². The monoisotopic (exact) mass is 402 g/mol. The molecule has 0 N–H and O–H groups in total. The number of aromatic nitrogens is 3. The largest absolute Gasteiger partial charge is 0.381 e. The number of hydrogen-bond donors (Lipinski definition) is 0. The van der Waals surface area contributed by atoms with Crippen LogP contribution in [0.1, 0.15) is 66.8 Å². The van der Waals surface area contributed by atoms with Gasteiger partial charge in [0.25, 0.3) is 0 Å². The SMILES string of the molecule is Cc1noc(C)c1CCC(=O)N1CCC(CCc2noc(C3CCOCC3)n2)C1. The Morgan fingerprint density at radius 3 is 2.69 bits per heavy atom. The van der Waals surface area contributed by atoms with Gasteiger partial charge < -0.3 is 18.7 Å². The van der Waals surface area contributed by atoms with Crippen LogP contribution in [0.4, 0.5) is 0 Å². The zero-order chi connectivity index (χ0) is 20.2. The molecule has 0 saturated carbocycles. The van der Waals surface area contributed by atoms with E-state index in [0.29, 0.717) is 24.7 Å². The second-order valence-electron chi connectivity index (χ2n) is 8.27. The van der Waals surface area contributed by atoms with Crippen molar-refractivity contribution in [1.29, 1.82) is 0 Å². The van der Waals surface area contributed by atoms with Crippen LogP contribution in [0, 0.1) is 19.8 Å². The highest BCUT2D eigenvalue weighted by Crippen LogP contribution is 2.26. The average molecular weight is 402 g/mol. The first-order valence-electron chi connectivity index (χ1n) is 10.7. The van der Waals surface area contributed by atoms with E-state index < -0.39 is 0 Å². The van der Waals surface area contributed by atoms with Crippen molar-refractivity contribution in [3.05, 3.63) is 28.7 Å². The molecule has 2 aliphatic rings. The van der Waals surface area contributed by atoms with Crippen LogP contribution in [-0.2, 0) is 22.4 Å². The Labute approximate surface area is 171 Å². The van der Waals surface area contributed by atoms with Crippen molar-refractivity contribution >= 4 is 5.91 Å². The van der Waals surface area contributed by atoms with E-state index in [-0.39, 0.29) is 5.91 Å². The summed E-state index contributed by atoms with van der Waals surface area (Å²) >= 11 is 0. The highest BCUT2D eigenvalue weighted by atomic mass is 16.5. The fourth-order valence-corrected chi connectivity index (χ4v) is 4.36. The molecule has 0 bridgehead atoms. The summed E-state index contributed by atoms with van der Waals surface area (Å²) in [7, 11) is 0. The van der Waals surface area contributed by atoms with Crippen molar-refractivity contribution in [1.82, 2.24) is 20.2 Å². The first-order chi connectivity index (χ1) is 14.1. The molecule has 0 aromatic carbocycles. The number of ether oxygens (including phenoxy) is 1. The molecular weight excluding hydrogens is 372 g/mol. The van der Waals surface area contributed by atoms with Crippen molar-refractivity contribution < 1.29 is 18.6 Å². The molecule has 0 spiro atoms. The van der Waals surface area contributed by atoms with Crippen LogP contribution in [0.3, 0.4) is 0 Å². The number of nitrogens with zero attached hydrogens (tertiary/aromatic N) is 4. The summed E-state index contributed by atoms with van der Waals surface area (Å²) in [5.41, 5.74) is 1.95. The van der Waals surface area contributed by atoms with E-state index in [1.807, 2.05) is 18.7 Å². The van der Waals surface area contributed by atoms with Crippen LogP contribution in [0.15, 0.2) is 9.05 Å². The van der Waals surface area contributed by atoms with Crippen LogP contribution in [0.2, 0.25) is 0 Å². The maximum atomic E-state index is 12.6. The molecule has 158 valence electrons. The van der Waals surface area contributed by atoms with Gasteiger partial charge in [0.1, 0.15) is 5.76 Å². The van der Waals surface area contributed by atoms with E-state index in [4.69, 9.17) is 13.8 Å². The van der Waals surface area contributed by atoms with Gasteiger partial charge in [0, 0.05) is 50.6 Å². The number of carbonyl (C=O) groups is 1. The first-order valence-corrected chi connectivity index (χ1v) is 10.7. The molecule has 2 fully saturated rings. The van der Waals surface area contributed by atoms with E-state index in [1.165, 1.54) is 0 Å². The summed E-state index contributed by atoms with van der Waals surface area (Å²) in [4.78, 5) is 19.2. The Morgan fingerprint density at radius 1 is 1.10 bits per heavy atom. The van der Waals surface area contributed by atoms with Crippen LogP contribution in [-0.4, -0.2) is 52.4 Å². The molecule has 1 amide bonds. The van der Waals surface area contributed by atoms with E-state index in [0.717, 1.165) is 87.1 Å². The molecule has 4 heterocycles. The Balaban J connectivity index is 1.21. The summed E-state index contributed by atoms with van der Waals surface area (Å²) in [6, 6.07) is 0. The van der Waals surface area contributed by atoms with Crippen molar-refractivity contribution in [2.75, 3.05) is 26.3 Å². The number of carbonyl (C=O) groups excluding carboxylic acids is 1. The molecule has 8 heteroatoms. The highest BCUT2D eigenvalue weighted by molar-refractivity contribution is 5.76. The van der Waals surface area contributed by atoms with E-state index >= 15 is 0 Å². The molecule has 1 atom stereocenters. The highest BCUT2D eigenvalue weighted by Gasteiger charge is 2.27. The van der Waals surface area contributed by atoms with Gasteiger partial charge in [-0.1, -0.05) is 10.3 Å². The van der Waals surface area contributed by atoms with Gasteiger partial charge in [-0.2, -0.15) is 4.98 Å². The molecule has 2 saturated heterocycles. The molecule has 8 nitrogen and oxygen atoms in total. The number of aryl methyl sites for hydroxylation is 3. The Kier molecular flexibility index (Phi) is 6.28. The summed E-state index contributed by atoms with van der Waals surface area (Å²) in [5, 5.41) is 8.12. The first kappa shape index (κ1) is 20.1. The second-order valence-corrected chi connectivity index (χ2v) is 8.27. The summed E-state index contributed by atoms with van der Waals surface area (Å²) in [6.45, 7) is 7.02. The van der Waals surface area contributed by atoms with Gasteiger partial charge in [0.15, 0.2) is 5.82 Å². The standard InChI is InChI=1S/C21H30N4O4/c1-14-18(15(2)28-23-14)4-6-20(26)25-10-7-16(13-25)3-5-19-22-21(29-24-19)17-8-11-27-12-9-17/h16-17H,3-13H2,1-2H3. The molecule has 2 aromatic rings. The number of rotatable bonds is 7. The van der Waals surface area contributed by atoms with Crippen LogP contribution in [0.5, 0.6) is 0 Å². The average Bonchev–Trinajstić information content (AvgIpc) is 3.47. The number of hydrogen-bond acceptors (Lipinski definition) is 7.